The van der Waals surface area contributed by atoms with E-state index in [4.69, 9.17) is 0 Å². The average molecular weight is 367 g/mol. The van der Waals surface area contributed by atoms with Gasteiger partial charge in [-0.2, -0.15) is 13.9 Å². The SMILES string of the molecule is Cc1nn(C(F)F)cc1-c1ccc(NCc2c(F)ccc(F)c2F)cc1. The molecule has 0 spiro atoms. The Hall–Kier alpha value is -2.90. The molecule has 0 radical (unpaired) electrons. The van der Waals surface area contributed by atoms with Crippen molar-refractivity contribution in [2.75, 3.05) is 5.32 Å². The van der Waals surface area contributed by atoms with Gasteiger partial charge in [0.1, 0.15) is 5.82 Å². The number of hydrogen-bond donors (Lipinski definition) is 1. The number of alkyl halides is 2. The van der Waals surface area contributed by atoms with Crippen molar-refractivity contribution >= 4 is 5.69 Å². The number of rotatable bonds is 5. The van der Waals surface area contributed by atoms with Crippen LogP contribution in [0.15, 0.2) is 42.6 Å². The summed E-state index contributed by atoms with van der Waals surface area (Å²) in [6.45, 7) is -1.34. The second-order valence-corrected chi connectivity index (χ2v) is 5.64. The first-order valence-electron chi connectivity index (χ1n) is 7.67. The molecule has 3 nitrogen and oxygen atoms in total. The van der Waals surface area contributed by atoms with Gasteiger partial charge in [-0.3, -0.25) is 0 Å². The molecule has 0 bridgehead atoms. The van der Waals surface area contributed by atoms with Crippen LogP contribution in [0, 0.1) is 24.4 Å². The molecule has 0 unspecified atom stereocenters. The zero-order valence-corrected chi connectivity index (χ0v) is 13.6. The normalized spacial score (nSPS) is 11.2. The van der Waals surface area contributed by atoms with Gasteiger partial charge in [-0.05, 0) is 36.8 Å². The maximum Gasteiger partial charge on any atom is 0.333 e. The lowest BCUT2D eigenvalue weighted by molar-refractivity contribution is 0.0563. The molecule has 0 aliphatic carbocycles. The third-order valence-corrected chi connectivity index (χ3v) is 3.92. The van der Waals surface area contributed by atoms with E-state index >= 15 is 0 Å². The van der Waals surface area contributed by atoms with E-state index in [1.54, 1.807) is 31.2 Å². The van der Waals surface area contributed by atoms with Crippen LogP contribution >= 0.6 is 0 Å². The van der Waals surface area contributed by atoms with Gasteiger partial charge in [0.05, 0.1) is 5.69 Å². The van der Waals surface area contributed by atoms with E-state index in [2.05, 4.69) is 10.4 Å². The summed E-state index contributed by atoms with van der Waals surface area (Å²) in [5, 5.41) is 6.54. The van der Waals surface area contributed by atoms with Crippen molar-refractivity contribution in [3.05, 3.63) is 71.3 Å². The molecule has 26 heavy (non-hydrogen) atoms. The van der Waals surface area contributed by atoms with Gasteiger partial charge in [0.2, 0.25) is 0 Å². The molecule has 0 aliphatic heterocycles. The summed E-state index contributed by atoms with van der Waals surface area (Å²) in [6.07, 6.45) is 1.25. The van der Waals surface area contributed by atoms with Crippen LogP contribution in [-0.4, -0.2) is 9.78 Å². The van der Waals surface area contributed by atoms with Crippen LogP contribution in [0.3, 0.4) is 0 Å². The standard InChI is InChI=1S/C18H14F5N3/c1-10-14(9-26(25-10)18(22)23)11-2-4-12(5-3-11)24-8-13-15(19)6-7-16(20)17(13)21/h2-7,9,18,24H,8H2,1H3. The third-order valence-electron chi connectivity index (χ3n) is 3.92. The zero-order valence-electron chi connectivity index (χ0n) is 13.6. The highest BCUT2D eigenvalue weighted by Gasteiger charge is 2.14. The first-order chi connectivity index (χ1) is 12.4. The van der Waals surface area contributed by atoms with E-state index in [1.165, 1.54) is 6.20 Å². The second-order valence-electron chi connectivity index (χ2n) is 5.64. The Morgan fingerprint density at radius 1 is 1.00 bits per heavy atom. The van der Waals surface area contributed by atoms with Gasteiger partial charge in [-0.1, -0.05) is 12.1 Å². The monoisotopic (exact) mass is 367 g/mol. The lowest BCUT2D eigenvalue weighted by atomic mass is 10.1. The van der Waals surface area contributed by atoms with Crippen LogP contribution in [-0.2, 0) is 6.54 Å². The number of hydrogen-bond acceptors (Lipinski definition) is 2. The van der Waals surface area contributed by atoms with Crippen LogP contribution in [0.25, 0.3) is 11.1 Å². The molecule has 2 aromatic carbocycles. The number of aromatic nitrogens is 2. The first-order valence-corrected chi connectivity index (χ1v) is 7.67. The van der Waals surface area contributed by atoms with E-state index in [0.717, 1.165) is 12.1 Å². The van der Waals surface area contributed by atoms with Crippen LogP contribution in [0.4, 0.5) is 27.6 Å². The molecular weight excluding hydrogens is 353 g/mol. The van der Waals surface area contributed by atoms with Crippen LogP contribution in [0.5, 0.6) is 0 Å². The van der Waals surface area contributed by atoms with Crippen molar-refractivity contribution in [3.8, 4) is 11.1 Å². The van der Waals surface area contributed by atoms with E-state index in [9.17, 15) is 22.0 Å². The predicted octanol–water partition coefficient (Wildman–Crippen LogP) is 5.28. The largest absolute Gasteiger partial charge is 0.381 e. The van der Waals surface area contributed by atoms with Crippen molar-refractivity contribution in [2.45, 2.75) is 20.0 Å². The fourth-order valence-electron chi connectivity index (χ4n) is 2.55. The van der Waals surface area contributed by atoms with Gasteiger partial charge < -0.3 is 5.32 Å². The Balaban J connectivity index is 1.76. The molecule has 1 aromatic heterocycles. The summed E-state index contributed by atoms with van der Waals surface area (Å²) in [4.78, 5) is 0. The van der Waals surface area contributed by atoms with Crippen LogP contribution < -0.4 is 5.32 Å². The summed E-state index contributed by atoms with van der Waals surface area (Å²) >= 11 is 0. The minimum Gasteiger partial charge on any atom is -0.381 e. The van der Waals surface area contributed by atoms with Crippen molar-refractivity contribution < 1.29 is 22.0 Å². The number of benzene rings is 2. The van der Waals surface area contributed by atoms with Gasteiger partial charge in [-0.15, -0.1) is 0 Å². The minimum absolute atomic E-state index is 0.239. The van der Waals surface area contributed by atoms with E-state index in [1.807, 2.05) is 0 Å². The summed E-state index contributed by atoms with van der Waals surface area (Å²) in [7, 11) is 0. The molecule has 3 aromatic rings. The Morgan fingerprint density at radius 3 is 2.27 bits per heavy atom. The number of halogens is 5. The van der Waals surface area contributed by atoms with Crippen LogP contribution in [0.1, 0.15) is 17.8 Å². The Bertz CT molecular complexity index is 919. The molecule has 136 valence electrons. The minimum atomic E-state index is -2.72. The van der Waals surface area contributed by atoms with E-state index in [0.29, 0.717) is 27.2 Å². The highest BCUT2D eigenvalue weighted by atomic mass is 19.3. The maximum atomic E-state index is 13.6. The van der Waals surface area contributed by atoms with Crippen molar-refractivity contribution in [2.24, 2.45) is 0 Å². The maximum absolute atomic E-state index is 13.6. The van der Waals surface area contributed by atoms with Gasteiger partial charge in [-0.25, -0.2) is 17.9 Å². The van der Waals surface area contributed by atoms with Gasteiger partial charge in [0, 0.05) is 29.6 Å². The molecule has 0 saturated heterocycles. The molecule has 1 heterocycles. The lowest BCUT2D eigenvalue weighted by Crippen LogP contribution is -2.06. The quantitative estimate of drug-likeness (QED) is 0.491. The van der Waals surface area contributed by atoms with Gasteiger partial charge >= 0.3 is 6.55 Å². The lowest BCUT2D eigenvalue weighted by Gasteiger charge is -2.09. The summed E-state index contributed by atoms with van der Waals surface area (Å²) in [6, 6.07) is 8.18. The highest BCUT2D eigenvalue weighted by molar-refractivity contribution is 5.67. The predicted molar refractivity (Wildman–Crippen MR) is 87.3 cm³/mol. The number of nitrogens with one attached hydrogen (secondary N) is 1. The number of aryl methyl sites for hydroxylation is 1. The fourth-order valence-corrected chi connectivity index (χ4v) is 2.55. The van der Waals surface area contributed by atoms with Crippen molar-refractivity contribution in [3.63, 3.8) is 0 Å². The van der Waals surface area contributed by atoms with E-state index in [-0.39, 0.29) is 6.54 Å². The Labute approximate surface area is 146 Å². The molecule has 0 atom stereocenters. The Kier molecular flexibility index (Phi) is 4.92. The van der Waals surface area contributed by atoms with Crippen LogP contribution in [0.2, 0.25) is 0 Å². The summed E-state index contributed by atoms with van der Waals surface area (Å²) in [5.74, 6) is -3.20. The molecule has 1 N–H and O–H groups in total. The zero-order chi connectivity index (χ0) is 18.8. The third kappa shape index (κ3) is 3.54. The molecule has 0 fully saturated rings. The van der Waals surface area contributed by atoms with Crippen molar-refractivity contribution in [1.29, 1.82) is 0 Å². The first kappa shape index (κ1) is 17.9. The van der Waals surface area contributed by atoms with Gasteiger partial charge in [0.25, 0.3) is 0 Å². The number of anilines is 1. The van der Waals surface area contributed by atoms with E-state index < -0.39 is 29.6 Å². The summed E-state index contributed by atoms with van der Waals surface area (Å²) < 4.78 is 66.4. The second kappa shape index (κ2) is 7.15. The molecule has 0 saturated carbocycles. The number of nitrogens with zero attached hydrogens (tertiary/aromatic N) is 2. The molecule has 0 amide bonds. The van der Waals surface area contributed by atoms with Gasteiger partial charge in [0.15, 0.2) is 11.6 Å². The molecular formula is C18H14F5N3. The smallest absolute Gasteiger partial charge is 0.333 e. The average Bonchev–Trinajstić information content (AvgIpc) is 3.01. The molecule has 8 heteroatoms. The van der Waals surface area contributed by atoms with Crippen molar-refractivity contribution in [1.82, 2.24) is 9.78 Å². The fraction of sp³-hybridized carbons (Fsp3) is 0.167. The highest BCUT2D eigenvalue weighted by Crippen LogP contribution is 2.26. The summed E-state index contributed by atoms with van der Waals surface area (Å²) in [5.41, 5.74) is 1.82. The topological polar surface area (TPSA) is 29.9 Å². The molecule has 3 rings (SSSR count). The molecule has 0 aliphatic rings. The Morgan fingerprint density at radius 2 is 1.65 bits per heavy atom.